The van der Waals surface area contributed by atoms with Gasteiger partial charge in [-0.3, -0.25) is 0 Å². The van der Waals surface area contributed by atoms with E-state index in [1.165, 1.54) is 12.1 Å². The number of hydrogen-bond donors (Lipinski definition) is 1. The lowest BCUT2D eigenvalue weighted by molar-refractivity contribution is 0.625. The summed E-state index contributed by atoms with van der Waals surface area (Å²) in [6.07, 6.45) is 1.80. The molecule has 0 atom stereocenters. The van der Waals surface area contributed by atoms with Crippen LogP contribution in [0, 0.1) is 12.7 Å². The van der Waals surface area contributed by atoms with Gasteiger partial charge in [0.15, 0.2) is 0 Å². The van der Waals surface area contributed by atoms with Crippen molar-refractivity contribution in [3.63, 3.8) is 0 Å². The molecule has 1 aromatic heterocycles. The predicted octanol–water partition coefficient (Wildman–Crippen LogP) is 2.04. The van der Waals surface area contributed by atoms with Crippen LogP contribution in [0.25, 0.3) is 5.69 Å². The molecule has 0 unspecified atom stereocenters. The normalized spacial score (nSPS) is 10.7. The van der Waals surface area contributed by atoms with Crippen LogP contribution in [0.5, 0.6) is 0 Å². The van der Waals surface area contributed by atoms with Gasteiger partial charge in [0, 0.05) is 17.8 Å². The van der Waals surface area contributed by atoms with Crippen LogP contribution in [0.15, 0.2) is 30.5 Å². The van der Waals surface area contributed by atoms with Gasteiger partial charge in [-0.25, -0.2) is 9.07 Å². The topological polar surface area (TPSA) is 29.9 Å². The maximum atomic E-state index is 13.1. The number of hydrogen-bond acceptors (Lipinski definition) is 2. The smallest absolute Gasteiger partial charge is 0.125 e. The number of halogens is 1. The Balaban J connectivity index is 2.41. The lowest BCUT2D eigenvalue weighted by Gasteiger charge is -2.05. The second kappa shape index (κ2) is 4.45. The molecule has 0 radical (unpaired) electrons. The summed E-state index contributed by atoms with van der Waals surface area (Å²) in [5, 5.41) is 7.33. The molecule has 16 heavy (non-hydrogen) atoms. The van der Waals surface area contributed by atoms with Crippen molar-refractivity contribution in [3.05, 3.63) is 47.5 Å². The number of benzene rings is 1. The van der Waals surface area contributed by atoms with Crippen LogP contribution in [-0.2, 0) is 6.54 Å². The molecule has 0 saturated heterocycles. The van der Waals surface area contributed by atoms with Crippen LogP contribution in [0.4, 0.5) is 4.39 Å². The summed E-state index contributed by atoms with van der Waals surface area (Å²) < 4.78 is 14.8. The minimum absolute atomic E-state index is 0.248. The molecule has 2 rings (SSSR count). The molecule has 0 spiro atoms. The summed E-state index contributed by atoms with van der Waals surface area (Å²) >= 11 is 0. The molecule has 1 aromatic carbocycles. The van der Waals surface area contributed by atoms with Crippen LogP contribution in [0.2, 0.25) is 0 Å². The zero-order chi connectivity index (χ0) is 11.5. The molecule has 0 bridgehead atoms. The lowest BCUT2D eigenvalue weighted by Crippen LogP contribution is -2.06. The molecule has 0 aliphatic carbocycles. The van der Waals surface area contributed by atoms with Gasteiger partial charge in [0.25, 0.3) is 0 Å². The molecule has 0 aliphatic rings. The lowest BCUT2D eigenvalue weighted by atomic mass is 10.2. The maximum Gasteiger partial charge on any atom is 0.125 e. The first-order valence-electron chi connectivity index (χ1n) is 5.16. The van der Waals surface area contributed by atoms with E-state index in [4.69, 9.17) is 0 Å². The van der Waals surface area contributed by atoms with Crippen LogP contribution in [0.3, 0.4) is 0 Å². The number of aromatic nitrogens is 2. The van der Waals surface area contributed by atoms with Gasteiger partial charge in [-0.05, 0) is 32.2 Å². The van der Waals surface area contributed by atoms with E-state index in [-0.39, 0.29) is 5.82 Å². The van der Waals surface area contributed by atoms with E-state index in [9.17, 15) is 4.39 Å². The molecule has 1 heterocycles. The average Bonchev–Trinajstić information content (AvgIpc) is 2.61. The Morgan fingerprint density at radius 3 is 2.94 bits per heavy atom. The van der Waals surface area contributed by atoms with Gasteiger partial charge in [0.05, 0.1) is 11.9 Å². The van der Waals surface area contributed by atoms with E-state index >= 15 is 0 Å². The minimum atomic E-state index is -0.248. The largest absolute Gasteiger partial charge is 0.316 e. The SMILES string of the molecule is CNCc1cnn(-c2cccc(F)c2)c1C. The first-order valence-corrected chi connectivity index (χ1v) is 5.16. The summed E-state index contributed by atoms with van der Waals surface area (Å²) in [6, 6.07) is 6.43. The Hall–Kier alpha value is -1.68. The van der Waals surface area contributed by atoms with Crippen molar-refractivity contribution in [2.75, 3.05) is 7.05 Å². The predicted molar refractivity (Wildman–Crippen MR) is 61.0 cm³/mol. The van der Waals surface area contributed by atoms with Gasteiger partial charge >= 0.3 is 0 Å². The number of rotatable bonds is 3. The first kappa shape index (κ1) is 10.8. The van der Waals surface area contributed by atoms with Gasteiger partial charge in [0.1, 0.15) is 5.82 Å². The van der Waals surface area contributed by atoms with E-state index in [2.05, 4.69) is 10.4 Å². The number of nitrogens with one attached hydrogen (secondary N) is 1. The second-order valence-corrected chi connectivity index (χ2v) is 3.68. The molecule has 84 valence electrons. The van der Waals surface area contributed by atoms with Crippen molar-refractivity contribution in [2.45, 2.75) is 13.5 Å². The Morgan fingerprint density at radius 1 is 1.44 bits per heavy atom. The summed E-state index contributed by atoms with van der Waals surface area (Å²) in [7, 11) is 1.89. The van der Waals surface area contributed by atoms with E-state index in [1.807, 2.05) is 20.0 Å². The Labute approximate surface area is 93.9 Å². The highest BCUT2D eigenvalue weighted by Gasteiger charge is 2.07. The van der Waals surface area contributed by atoms with Gasteiger partial charge in [0.2, 0.25) is 0 Å². The third-order valence-corrected chi connectivity index (χ3v) is 2.53. The van der Waals surface area contributed by atoms with Crippen molar-refractivity contribution in [1.29, 1.82) is 0 Å². The van der Waals surface area contributed by atoms with Crippen molar-refractivity contribution < 1.29 is 4.39 Å². The summed E-state index contributed by atoms with van der Waals surface area (Å²) in [5.74, 6) is -0.248. The van der Waals surface area contributed by atoms with Crippen molar-refractivity contribution >= 4 is 0 Å². The fourth-order valence-corrected chi connectivity index (χ4v) is 1.68. The van der Waals surface area contributed by atoms with Crippen LogP contribution >= 0.6 is 0 Å². The van der Waals surface area contributed by atoms with E-state index in [1.54, 1.807) is 16.9 Å². The molecule has 0 aliphatic heterocycles. The Bertz CT molecular complexity index is 491. The molecule has 3 nitrogen and oxygen atoms in total. The second-order valence-electron chi connectivity index (χ2n) is 3.68. The van der Waals surface area contributed by atoms with Crippen LogP contribution < -0.4 is 5.32 Å². The maximum absolute atomic E-state index is 13.1. The van der Waals surface area contributed by atoms with Crippen LogP contribution in [0.1, 0.15) is 11.3 Å². The van der Waals surface area contributed by atoms with Crippen LogP contribution in [-0.4, -0.2) is 16.8 Å². The fourth-order valence-electron chi connectivity index (χ4n) is 1.68. The summed E-state index contributed by atoms with van der Waals surface area (Å²) in [5.41, 5.74) is 2.89. The van der Waals surface area contributed by atoms with E-state index in [0.717, 1.165) is 23.5 Å². The molecular formula is C12H14FN3. The zero-order valence-electron chi connectivity index (χ0n) is 9.37. The highest BCUT2D eigenvalue weighted by atomic mass is 19.1. The standard InChI is InChI=1S/C12H14FN3/c1-9-10(7-14-2)8-15-16(9)12-5-3-4-11(13)6-12/h3-6,8,14H,7H2,1-2H3. The average molecular weight is 219 g/mol. The van der Waals surface area contributed by atoms with Gasteiger partial charge in [-0.1, -0.05) is 6.07 Å². The molecular weight excluding hydrogens is 205 g/mol. The molecule has 1 N–H and O–H groups in total. The highest BCUT2D eigenvalue weighted by Crippen LogP contribution is 2.14. The van der Waals surface area contributed by atoms with Crippen molar-refractivity contribution in [2.24, 2.45) is 0 Å². The van der Waals surface area contributed by atoms with E-state index < -0.39 is 0 Å². The third-order valence-electron chi connectivity index (χ3n) is 2.53. The minimum Gasteiger partial charge on any atom is -0.316 e. The quantitative estimate of drug-likeness (QED) is 0.856. The van der Waals surface area contributed by atoms with Gasteiger partial charge in [-0.15, -0.1) is 0 Å². The highest BCUT2D eigenvalue weighted by molar-refractivity contribution is 5.35. The summed E-state index contributed by atoms with van der Waals surface area (Å²) in [4.78, 5) is 0. The number of nitrogens with zero attached hydrogens (tertiary/aromatic N) is 2. The van der Waals surface area contributed by atoms with Crippen molar-refractivity contribution in [1.82, 2.24) is 15.1 Å². The summed E-state index contributed by atoms with van der Waals surface area (Å²) in [6.45, 7) is 2.74. The van der Waals surface area contributed by atoms with E-state index in [0.29, 0.717) is 0 Å². The van der Waals surface area contributed by atoms with Crippen molar-refractivity contribution in [3.8, 4) is 5.69 Å². The van der Waals surface area contributed by atoms with Gasteiger partial charge < -0.3 is 5.32 Å². The Kier molecular flexibility index (Phi) is 3.01. The van der Waals surface area contributed by atoms with Gasteiger partial charge in [-0.2, -0.15) is 5.10 Å². The molecule has 4 heteroatoms. The monoisotopic (exact) mass is 219 g/mol. The molecule has 2 aromatic rings. The molecule has 0 amide bonds. The fraction of sp³-hybridized carbons (Fsp3) is 0.250. The zero-order valence-corrected chi connectivity index (χ0v) is 9.37. The first-order chi connectivity index (χ1) is 7.72. The Morgan fingerprint density at radius 2 is 2.25 bits per heavy atom. The molecule has 0 fully saturated rings. The molecule has 0 saturated carbocycles. The third kappa shape index (κ3) is 1.97.